The number of aromatic nitrogens is 2. The molecular formula is C10H13N3O3. The molecule has 1 heterocycles. The Morgan fingerprint density at radius 3 is 2.88 bits per heavy atom. The molecule has 1 atom stereocenters. The first-order valence-corrected chi connectivity index (χ1v) is 4.68. The molecule has 16 heavy (non-hydrogen) atoms. The molecule has 6 heteroatoms. The minimum absolute atomic E-state index is 0.175. The summed E-state index contributed by atoms with van der Waals surface area (Å²) in [6.45, 7) is 3.43. The molecule has 86 valence electrons. The molecule has 0 spiro atoms. The maximum atomic E-state index is 11.6. The van der Waals surface area contributed by atoms with Gasteiger partial charge in [-0.2, -0.15) is 5.10 Å². The Morgan fingerprint density at radius 1 is 1.75 bits per heavy atom. The lowest BCUT2D eigenvalue weighted by Gasteiger charge is -2.10. The van der Waals surface area contributed by atoms with Crippen LogP contribution in [0.2, 0.25) is 0 Å². The number of carboxylic acids is 1. The summed E-state index contributed by atoms with van der Waals surface area (Å²) in [7, 11) is 1.68. The fourth-order valence-electron chi connectivity index (χ4n) is 1.16. The van der Waals surface area contributed by atoms with Crippen LogP contribution in [0.5, 0.6) is 0 Å². The largest absolute Gasteiger partial charge is 0.480 e. The highest BCUT2D eigenvalue weighted by molar-refractivity contribution is 5.94. The molecule has 0 aliphatic carbocycles. The fraction of sp³-hybridized carbons (Fsp3) is 0.300. The second-order valence-electron chi connectivity index (χ2n) is 3.26. The van der Waals surface area contributed by atoms with Gasteiger partial charge in [-0.25, -0.2) is 4.79 Å². The summed E-state index contributed by atoms with van der Waals surface area (Å²) >= 11 is 0. The summed E-state index contributed by atoms with van der Waals surface area (Å²) in [6.07, 6.45) is 3.23. The standard InChI is InChI=1S/C10H13N3O3/c1-3-4-8(10(15)16)11-9(14)7-5-6-13(2)12-7/h3,5-6,8H,1,4H2,2H3,(H,11,14)(H,15,16). The summed E-state index contributed by atoms with van der Waals surface area (Å²) in [6, 6.07) is 0.550. The van der Waals surface area contributed by atoms with Gasteiger partial charge in [0.05, 0.1) is 0 Å². The number of nitrogens with zero attached hydrogens (tertiary/aromatic N) is 2. The van der Waals surface area contributed by atoms with Crippen LogP contribution < -0.4 is 5.32 Å². The molecule has 0 saturated carbocycles. The summed E-state index contributed by atoms with van der Waals surface area (Å²) in [5.41, 5.74) is 0.192. The van der Waals surface area contributed by atoms with E-state index in [1.54, 1.807) is 13.2 Å². The molecule has 1 rings (SSSR count). The van der Waals surface area contributed by atoms with E-state index in [1.165, 1.54) is 16.8 Å². The zero-order valence-corrected chi connectivity index (χ0v) is 8.88. The van der Waals surface area contributed by atoms with Gasteiger partial charge in [0.2, 0.25) is 0 Å². The number of rotatable bonds is 5. The molecule has 2 N–H and O–H groups in total. The number of carbonyl (C=O) groups is 2. The molecule has 1 amide bonds. The lowest BCUT2D eigenvalue weighted by Crippen LogP contribution is -2.40. The van der Waals surface area contributed by atoms with Gasteiger partial charge in [-0.1, -0.05) is 6.08 Å². The lowest BCUT2D eigenvalue weighted by atomic mass is 10.2. The number of aliphatic carboxylic acids is 1. The maximum Gasteiger partial charge on any atom is 0.326 e. The first-order chi connectivity index (χ1) is 7.54. The van der Waals surface area contributed by atoms with Crippen molar-refractivity contribution >= 4 is 11.9 Å². The quantitative estimate of drug-likeness (QED) is 0.697. The average Bonchev–Trinajstić information content (AvgIpc) is 2.64. The van der Waals surface area contributed by atoms with Crippen molar-refractivity contribution < 1.29 is 14.7 Å². The first kappa shape index (κ1) is 12.0. The molecule has 0 aliphatic rings. The fourth-order valence-corrected chi connectivity index (χ4v) is 1.16. The number of carboxylic acid groups (broad SMARTS) is 1. The Bertz CT molecular complexity index is 411. The Hall–Kier alpha value is -2.11. The molecule has 6 nitrogen and oxygen atoms in total. The molecule has 0 aliphatic heterocycles. The Morgan fingerprint density at radius 2 is 2.44 bits per heavy atom. The molecular weight excluding hydrogens is 210 g/mol. The van der Waals surface area contributed by atoms with Gasteiger partial charge >= 0.3 is 5.97 Å². The van der Waals surface area contributed by atoms with E-state index in [0.29, 0.717) is 0 Å². The van der Waals surface area contributed by atoms with Crippen molar-refractivity contribution in [2.24, 2.45) is 7.05 Å². The number of amides is 1. The van der Waals surface area contributed by atoms with Gasteiger partial charge in [0.15, 0.2) is 0 Å². The van der Waals surface area contributed by atoms with Crippen LogP contribution in [0.1, 0.15) is 16.9 Å². The molecule has 1 aromatic rings. The highest BCUT2D eigenvalue weighted by Crippen LogP contribution is 1.98. The number of aryl methyl sites for hydroxylation is 1. The Balaban J connectivity index is 2.68. The van der Waals surface area contributed by atoms with E-state index in [2.05, 4.69) is 17.0 Å². The van der Waals surface area contributed by atoms with Crippen LogP contribution in [0.25, 0.3) is 0 Å². The summed E-state index contributed by atoms with van der Waals surface area (Å²) in [4.78, 5) is 22.3. The monoisotopic (exact) mass is 223 g/mol. The molecule has 1 unspecified atom stereocenters. The zero-order valence-electron chi connectivity index (χ0n) is 8.88. The van der Waals surface area contributed by atoms with Crippen LogP contribution in [-0.4, -0.2) is 32.8 Å². The third-order valence-electron chi connectivity index (χ3n) is 1.95. The van der Waals surface area contributed by atoms with Crippen molar-refractivity contribution in [3.05, 3.63) is 30.6 Å². The molecule has 0 aromatic carbocycles. The third-order valence-corrected chi connectivity index (χ3v) is 1.95. The summed E-state index contributed by atoms with van der Waals surface area (Å²) < 4.78 is 1.47. The Kier molecular flexibility index (Phi) is 3.82. The SMILES string of the molecule is C=CCC(NC(=O)c1ccn(C)n1)C(=O)O. The van der Waals surface area contributed by atoms with Gasteiger partial charge in [0, 0.05) is 13.2 Å². The van der Waals surface area contributed by atoms with E-state index >= 15 is 0 Å². The van der Waals surface area contributed by atoms with E-state index < -0.39 is 17.9 Å². The van der Waals surface area contributed by atoms with Crippen molar-refractivity contribution in [3.63, 3.8) is 0 Å². The van der Waals surface area contributed by atoms with Gasteiger partial charge in [0.1, 0.15) is 11.7 Å². The smallest absolute Gasteiger partial charge is 0.326 e. The number of nitrogens with one attached hydrogen (secondary N) is 1. The van der Waals surface area contributed by atoms with Crippen LogP contribution >= 0.6 is 0 Å². The number of hydrogen-bond acceptors (Lipinski definition) is 3. The molecule has 0 radical (unpaired) electrons. The Labute approximate surface area is 92.6 Å². The normalized spacial score (nSPS) is 11.8. The van der Waals surface area contributed by atoms with Crippen LogP contribution in [0, 0.1) is 0 Å². The summed E-state index contributed by atoms with van der Waals surface area (Å²) in [5, 5.41) is 15.0. The van der Waals surface area contributed by atoms with Gasteiger partial charge in [-0.15, -0.1) is 6.58 Å². The van der Waals surface area contributed by atoms with Crippen LogP contribution in [0.3, 0.4) is 0 Å². The number of hydrogen-bond donors (Lipinski definition) is 2. The molecule has 0 saturated heterocycles. The first-order valence-electron chi connectivity index (χ1n) is 4.68. The van der Waals surface area contributed by atoms with Crippen molar-refractivity contribution in [1.82, 2.24) is 15.1 Å². The second-order valence-corrected chi connectivity index (χ2v) is 3.26. The zero-order chi connectivity index (χ0) is 12.1. The van der Waals surface area contributed by atoms with Gasteiger partial charge in [-0.05, 0) is 12.5 Å². The second kappa shape index (κ2) is 5.11. The van der Waals surface area contributed by atoms with Crippen LogP contribution in [0.15, 0.2) is 24.9 Å². The minimum Gasteiger partial charge on any atom is -0.480 e. The van der Waals surface area contributed by atoms with Crippen molar-refractivity contribution in [1.29, 1.82) is 0 Å². The number of carbonyl (C=O) groups excluding carboxylic acids is 1. The van der Waals surface area contributed by atoms with E-state index in [1.807, 2.05) is 0 Å². The molecule has 1 aromatic heterocycles. The predicted octanol–water partition coefficient (Wildman–Crippen LogP) is 0.179. The van der Waals surface area contributed by atoms with Crippen LogP contribution in [0.4, 0.5) is 0 Å². The summed E-state index contributed by atoms with van der Waals surface area (Å²) in [5.74, 6) is -1.60. The van der Waals surface area contributed by atoms with Crippen molar-refractivity contribution in [2.45, 2.75) is 12.5 Å². The lowest BCUT2D eigenvalue weighted by molar-refractivity contribution is -0.139. The van der Waals surface area contributed by atoms with Crippen molar-refractivity contribution in [2.75, 3.05) is 0 Å². The van der Waals surface area contributed by atoms with E-state index in [9.17, 15) is 9.59 Å². The highest BCUT2D eigenvalue weighted by Gasteiger charge is 2.20. The average molecular weight is 223 g/mol. The van der Waals surface area contributed by atoms with Crippen molar-refractivity contribution in [3.8, 4) is 0 Å². The third kappa shape index (κ3) is 2.94. The molecule has 0 fully saturated rings. The highest BCUT2D eigenvalue weighted by atomic mass is 16.4. The van der Waals surface area contributed by atoms with Gasteiger partial charge in [-0.3, -0.25) is 9.48 Å². The van der Waals surface area contributed by atoms with Gasteiger partial charge < -0.3 is 10.4 Å². The predicted molar refractivity (Wildman–Crippen MR) is 56.9 cm³/mol. The topological polar surface area (TPSA) is 84.2 Å². The van der Waals surface area contributed by atoms with Crippen LogP contribution in [-0.2, 0) is 11.8 Å². The van der Waals surface area contributed by atoms with E-state index in [4.69, 9.17) is 5.11 Å². The van der Waals surface area contributed by atoms with E-state index in [-0.39, 0.29) is 12.1 Å². The van der Waals surface area contributed by atoms with Gasteiger partial charge in [0.25, 0.3) is 5.91 Å². The maximum absolute atomic E-state index is 11.6. The minimum atomic E-state index is -1.09. The molecule has 0 bridgehead atoms. The van der Waals surface area contributed by atoms with E-state index in [0.717, 1.165) is 0 Å².